The first kappa shape index (κ1) is 15.7. The van der Waals surface area contributed by atoms with Crippen LogP contribution in [0.15, 0.2) is 54.9 Å². The first-order chi connectivity index (χ1) is 11.6. The lowest BCUT2D eigenvalue weighted by atomic mass is 10.3. The highest BCUT2D eigenvalue weighted by Crippen LogP contribution is 2.23. The fourth-order valence-corrected chi connectivity index (χ4v) is 2.33. The summed E-state index contributed by atoms with van der Waals surface area (Å²) >= 11 is 0. The van der Waals surface area contributed by atoms with Crippen LogP contribution in [0.25, 0.3) is 0 Å². The maximum Gasteiger partial charge on any atom is 0.322 e. The fourth-order valence-electron chi connectivity index (χ4n) is 2.33. The summed E-state index contributed by atoms with van der Waals surface area (Å²) in [7, 11) is 0. The van der Waals surface area contributed by atoms with Crippen molar-refractivity contribution in [2.45, 2.75) is 20.4 Å². The summed E-state index contributed by atoms with van der Waals surface area (Å²) in [6.07, 6.45) is 3.68. The van der Waals surface area contributed by atoms with E-state index < -0.39 is 0 Å². The van der Waals surface area contributed by atoms with Gasteiger partial charge in [-0.25, -0.2) is 0 Å². The van der Waals surface area contributed by atoms with Gasteiger partial charge in [-0.3, -0.25) is 4.79 Å². The van der Waals surface area contributed by atoms with Crippen molar-refractivity contribution in [1.82, 2.24) is 14.5 Å². The molecule has 6 heteroatoms. The number of hydrogen-bond acceptors (Lipinski definition) is 4. The van der Waals surface area contributed by atoms with Gasteiger partial charge in [-0.2, -0.15) is 9.97 Å². The molecule has 0 aliphatic rings. The van der Waals surface area contributed by atoms with Gasteiger partial charge < -0.3 is 14.6 Å². The average molecular weight is 322 g/mol. The molecule has 1 aromatic carbocycles. The molecule has 2 heterocycles. The van der Waals surface area contributed by atoms with E-state index in [2.05, 4.69) is 15.3 Å². The number of para-hydroxylation sites is 1. The highest BCUT2D eigenvalue weighted by Gasteiger charge is 2.13. The summed E-state index contributed by atoms with van der Waals surface area (Å²) in [6.45, 7) is 3.88. The van der Waals surface area contributed by atoms with Gasteiger partial charge in [-0.1, -0.05) is 18.2 Å². The molecule has 24 heavy (non-hydrogen) atoms. The molecule has 0 spiro atoms. The van der Waals surface area contributed by atoms with Gasteiger partial charge in [0.1, 0.15) is 12.3 Å². The van der Waals surface area contributed by atoms with E-state index in [4.69, 9.17) is 4.74 Å². The topological polar surface area (TPSA) is 69.0 Å². The van der Waals surface area contributed by atoms with E-state index in [1.54, 1.807) is 4.57 Å². The molecule has 0 radical (unpaired) electrons. The third kappa shape index (κ3) is 3.78. The second kappa shape index (κ2) is 6.95. The Balaban J connectivity index is 1.73. The molecule has 2 aromatic heterocycles. The smallest absolute Gasteiger partial charge is 0.322 e. The number of carbonyl (C=O) groups is 1. The van der Waals surface area contributed by atoms with Gasteiger partial charge in [-0.05, 0) is 38.1 Å². The molecular formula is C18H18N4O2. The van der Waals surface area contributed by atoms with Gasteiger partial charge in [0.25, 0.3) is 0 Å². The summed E-state index contributed by atoms with van der Waals surface area (Å²) in [4.78, 5) is 20.8. The number of carbonyl (C=O) groups excluding carboxylic acids is 1. The molecule has 0 aliphatic carbocycles. The summed E-state index contributed by atoms with van der Waals surface area (Å²) in [5.41, 5.74) is 1.94. The molecule has 0 atom stereocenters. The van der Waals surface area contributed by atoms with Crippen LogP contribution < -0.4 is 10.1 Å². The summed E-state index contributed by atoms with van der Waals surface area (Å²) in [6, 6.07) is 13.4. The predicted molar refractivity (Wildman–Crippen MR) is 91.1 cm³/mol. The van der Waals surface area contributed by atoms with Crippen molar-refractivity contribution in [2.24, 2.45) is 0 Å². The first-order valence-electron chi connectivity index (χ1n) is 7.60. The number of rotatable bonds is 5. The molecule has 0 unspecified atom stereocenters. The minimum Gasteiger partial charge on any atom is -0.424 e. The number of aromatic nitrogens is 3. The Bertz CT molecular complexity index is 806. The van der Waals surface area contributed by atoms with Crippen molar-refractivity contribution in [3.8, 4) is 11.8 Å². The van der Waals surface area contributed by atoms with Gasteiger partial charge in [0, 0.05) is 12.4 Å². The van der Waals surface area contributed by atoms with Crippen molar-refractivity contribution in [1.29, 1.82) is 0 Å². The van der Waals surface area contributed by atoms with Crippen LogP contribution in [0.2, 0.25) is 0 Å². The standard InChI is InChI=1S/C18H18N4O2/c1-13-17(21-16(23)12-22-10-6-7-11-22)14(2)20-18(19-13)24-15-8-4-3-5-9-15/h3-11H,12H2,1-2H3,(H,21,23). The number of hydrogen-bond donors (Lipinski definition) is 1. The molecule has 0 saturated carbocycles. The zero-order valence-electron chi connectivity index (χ0n) is 13.6. The van der Waals surface area contributed by atoms with E-state index in [1.807, 2.05) is 68.7 Å². The predicted octanol–water partition coefficient (Wildman–Crippen LogP) is 3.33. The number of nitrogens with one attached hydrogen (secondary N) is 1. The lowest BCUT2D eigenvalue weighted by molar-refractivity contribution is -0.116. The Kier molecular flexibility index (Phi) is 4.56. The van der Waals surface area contributed by atoms with E-state index in [-0.39, 0.29) is 18.5 Å². The number of aryl methyl sites for hydroxylation is 2. The van der Waals surface area contributed by atoms with E-state index in [0.29, 0.717) is 22.8 Å². The van der Waals surface area contributed by atoms with E-state index in [9.17, 15) is 4.79 Å². The second-order valence-electron chi connectivity index (χ2n) is 5.37. The van der Waals surface area contributed by atoms with Crippen LogP contribution in [0, 0.1) is 13.8 Å². The van der Waals surface area contributed by atoms with E-state index in [1.165, 1.54) is 0 Å². The molecule has 0 aliphatic heterocycles. The summed E-state index contributed by atoms with van der Waals surface area (Å²) in [5.74, 6) is 0.540. The first-order valence-corrected chi connectivity index (χ1v) is 7.60. The number of anilines is 1. The highest BCUT2D eigenvalue weighted by molar-refractivity contribution is 5.91. The van der Waals surface area contributed by atoms with Crippen LogP contribution in [0.5, 0.6) is 11.8 Å². The van der Waals surface area contributed by atoms with Crippen LogP contribution in [-0.2, 0) is 11.3 Å². The van der Waals surface area contributed by atoms with Crippen molar-refractivity contribution in [2.75, 3.05) is 5.32 Å². The summed E-state index contributed by atoms with van der Waals surface area (Å²) in [5, 5.41) is 2.87. The zero-order valence-corrected chi connectivity index (χ0v) is 13.6. The molecule has 0 bridgehead atoms. The normalized spacial score (nSPS) is 10.4. The monoisotopic (exact) mass is 322 g/mol. The van der Waals surface area contributed by atoms with Crippen LogP contribution in [0.3, 0.4) is 0 Å². The zero-order chi connectivity index (χ0) is 16.9. The van der Waals surface area contributed by atoms with Crippen molar-refractivity contribution < 1.29 is 9.53 Å². The van der Waals surface area contributed by atoms with Gasteiger partial charge in [0.05, 0.1) is 17.1 Å². The quantitative estimate of drug-likeness (QED) is 0.782. The Morgan fingerprint density at radius 3 is 2.29 bits per heavy atom. The Labute approximate surface area is 140 Å². The number of nitrogens with zero attached hydrogens (tertiary/aromatic N) is 3. The average Bonchev–Trinajstić information content (AvgIpc) is 3.05. The number of amides is 1. The molecule has 1 amide bonds. The molecular weight excluding hydrogens is 304 g/mol. The third-order valence-electron chi connectivity index (χ3n) is 3.46. The lowest BCUT2D eigenvalue weighted by Gasteiger charge is -2.12. The van der Waals surface area contributed by atoms with Gasteiger partial charge in [0.15, 0.2) is 0 Å². The minimum absolute atomic E-state index is 0.127. The Morgan fingerprint density at radius 2 is 1.67 bits per heavy atom. The Hall–Kier alpha value is -3.15. The molecule has 122 valence electrons. The highest BCUT2D eigenvalue weighted by atomic mass is 16.5. The van der Waals surface area contributed by atoms with Gasteiger partial charge >= 0.3 is 6.01 Å². The van der Waals surface area contributed by atoms with Crippen molar-refractivity contribution >= 4 is 11.6 Å². The molecule has 0 fully saturated rings. The van der Waals surface area contributed by atoms with Crippen LogP contribution in [-0.4, -0.2) is 20.4 Å². The maximum absolute atomic E-state index is 12.1. The van der Waals surface area contributed by atoms with Crippen LogP contribution in [0.1, 0.15) is 11.4 Å². The van der Waals surface area contributed by atoms with E-state index in [0.717, 1.165) is 0 Å². The number of ether oxygens (including phenoxy) is 1. The molecule has 6 nitrogen and oxygen atoms in total. The van der Waals surface area contributed by atoms with Crippen molar-refractivity contribution in [3.05, 3.63) is 66.2 Å². The van der Waals surface area contributed by atoms with Gasteiger partial charge in [-0.15, -0.1) is 0 Å². The molecule has 1 N–H and O–H groups in total. The van der Waals surface area contributed by atoms with Crippen LogP contribution >= 0.6 is 0 Å². The SMILES string of the molecule is Cc1nc(Oc2ccccc2)nc(C)c1NC(=O)Cn1cccc1. The second-order valence-corrected chi connectivity index (χ2v) is 5.37. The Morgan fingerprint density at radius 1 is 1.04 bits per heavy atom. The van der Waals surface area contributed by atoms with E-state index >= 15 is 0 Å². The molecule has 3 aromatic rings. The third-order valence-corrected chi connectivity index (χ3v) is 3.46. The molecule has 3 rings (SSSR count). The van der Waals surface area contributed by atoms with Crippen molar-refractivity contribution in [3.63, 3.8) is 0 Å². The lowest BCUT2D eigenvalue weighted by Crippen LogP contribution is -2.20. The maximum atomic E-state index is 12.1. The molecule has 0 saturated heterocycles. The fraction of sp³-hybridized carbons (Fsp3) is 0.167. The summed E-state index contributed by atoms with van der Waals surface area (Å²) < 4.78 is 7.45. The number of benzene rings is 1. The largest absolute Gasteiger partial charge is 0.424 e. The van der Waals surface area contributed by atoms with Crippen LogP contribution in [0.4, 0.5) is 5.69 Å². The van der Waals surface area contributed by atoms with Gasteiger partial charge in [0.2, 0.25) is 5.91 Å². The minimum atomic E-state index is -0.127.